The fourth-order valence-electron chi connectivity index (χ4n) is 1.68. The minimum Gasteiger partial charge on any atom is -0.406 e. The molecule has 0 spiro atoms. The van der Waals surface area contributed by atoms with Crippen LogP contribution in [0.2, 0.25) is 0 Å². The maximum Gasteiger partial charge on any atom is 0.573 e. The third-order valence-corrected chi connectivity index (χ3v) is 3.55. The van der Waals surface area contributed by atoms with Gasteiger partial charge in [0.15, 0.2) is 0 Å². The van der Waals surface area contributed by atoms with Gasteiger partial charge in [0.1, 0.15) is 11.6 Å². The van der Waals surface area contributed by atoms with Crippen molar-refractivity contribution in [3.05, 3.63) is 35.7 Å². The molecule has 0 aliphatic carbocycles. The smallest absolute Gasteiger partial charge is 0.406 e. The highest BCUT2D eigenvalue weighted by atomic mass is 32.1. The van der Waals surface area contributed by atoms with E-state index >= 15 is 0 Å². The van der Waals surface area contributed by atoms with Gasteiger partial charge in [-0.1, -0.05) is 19.1 Å². The second kappa shape index (κ2) is 6.30. The Bertz CT molecular complexity index is 583. The topological polar surface area (TPSA) is 38.2 Å². The first-order valence-corrected chi connectivity index (χ1v) is 7.03. The van der Waals surface area contributed by atoms with Crippen molar-refractivity contribution in [1.29, 1.82) is 0 Å². The Hall–Kier alpha value is -1.83. The normalized spacial score (nSPS) is 11.5. The number of ether oxygens (including phenoxy) is 1. The first-order valence-electron chi connectivity index (χ1n) is 6.26. The minimum atomic E-state index is -4.67. The molecule has 0 radical (unpaired) electrons. The second-order valence-electron chi connectivity index (χ2n) is 4.39. The Morgan fingerprint density at radius 1 is 1.24 bits per heavy atom. The molecular weight excluding hydrogens is 303 g/mol. The van der Waals surface area contributed by atoms with Crippen LogP contribution in [0.15, 0.2) is 24.3 Å². The number of benzene rings is 1. The molecular formula is C13H14F3N3OS. The fraction of sp³-hybridized carbons (Fsp3) is 0.385. The fourth-order valence-corrected chi connectivity index (χ4v) is 2.39. The van der Waals surface area contributed by atoms with Crippen LogP contribution < -0.4 is 9.64 Å². The third kappa shape index (κ3) is 4.59. The van der Waals surface area contributed by atoms with E-state index in [-0.39, 0.29) is 5.75 Å². The standard InChI is InChI=1S/C13H14F3N3OS/c1-3-11-17-12(21-18-11)19(2)8-9-4-6-10(7-5-9)20-13(14,15)16/h4-7H,3,8H2,1-2H3. The molecule has 2 rings (SSSR count). The highest BCUT2D eigenvalue weighted by molar-refractivity contribution is 7.09. The van der Waals surface area contributed by atoms with E-state index in [1.807, 2.05) is 18.9 Å². The maximum absolute atomic E-state index is 12.1. The van der Waals surface area contributed by atoms with Crippen LogP contribution in [0, 0.1) is 0 Å². The average molecular weight is 317 g/mol. The molecule has 4 nitrogen and oxygen atoms in total. The Balaban J connectivity index is 1.99. The predicted octanol–water partition coefficient (Wildman–Crippen LogP) is 3.64. The van der Waals surface area contributed by atoms with E-state index in [0.29, 0.717) is 6.54 Å². The number of rotatable bonds is 5. The van der Waals surface area contributed by atoms with Gasteiger partial charge >= 0.3 is 6.36 Å². The van der Waals surface area contributed by atoms with E-state index in [1.165, 1.54) is 23.7 Å². The van der Waals surface area contributed by atoms with Gasteiger partial charge in [-0.2, -0.15) is 4.37 Å². The van der Waals surface area contributed by atoms with Crippen LogP contribution in [0.1, 0.15) is 18.3 Å². The Labute approximate surface area is 124 Å². The second-order valence-corrected chi connectivity index (χ2v) is 5.12. The summed E-state index contributed by atoms with van der Waals surface area (Å²) >= 11 is 1.30. The average Bonchev–Trinajstić information content (AvgIpc) is 2.88. The van der Waals surface area contributed by atoms with E-state index in [9.17, 15) is 13.2 Å². The molecule has 1 heterocycles. The van der Waals surface area contributed by atoms with E-state index in [4.69, 9.17) is 0 Å². The Morgan fingerprint density at radius 3 is 2.43 bits per heavy atom. The Kier molecular flexibility index (Phi) is 4.66. The van der Waals surface area contributed by atoms with Crippen LogP contribution in [0.25, 0.3) is 0 Å². The summed E-state index contributed by atoms with van der Waals surface area (Å²) in [6, 6.07) is 5.79. The van der Waals surface area contributed by atoms with Crippen LogP contribution in [0.5, 0.6) is 5.75 Å². The third-order valence-electron chi connectivity index (χ3n) is 2.68. The van der Waals surface area contributed by atoms with Crippen LogP contribution in [-0.4, -0.2) is 22.8 Å². The summed E-state index contributed by atoms with van der Waals surface area (Å²) in [7, 11) is 1.86. The monoisotopic (exact) mass is 317 g/mol. The number of hydrogen-bond donors (Lipinski definition) is 0. The summed E-state index contributed by atoms with van der Waals surface area (Å²) in [4.78, 5) is 6.25. The van der Waals surface area contributed by atoms with E-state index in [2.05, 4.69) is 14.1 Å². The predicted molar refractivity (Wildman–Crippen MR) is 74.5 cm³/mol. The van der Waals surface area contributed by atoms with Crippen molar-refractivity contribution < 1.29 is 17.9 Å². The van der Waals surface area contributed by atoms with Gasteiger partial charge in [0.05, 0.1) is 0 Å². The zero-order chi connectivity index (χ0) is 15.5. The summed E-state index contributed by atoms with van der Waals surface area (Å²) < 4.78 is 44.2. The highest BCUT2D eigenvalue weighted by Gasteiger charge is 2.30. The van der Waals surface area contributed by atoms with Crippen molar-refractivity contribution in [3.63, 3.8) is 0 Å². The van der Waals surface area contributed by atoms with Gasteiger partial charge in [0.2, 0.25) is 5.13 Å². The molecule has 0 saturated heterocycles. The summed E-state index contributed by atoms with van der Waals surface area (Å²) in [5.74, 6) is 0.564. The van der Waals surface area contributed by atoms with Gasteiger partial charge in [0.25, 0.3) is 0 Å². The van der Waals surface area contributed by atoms with Crippen molar-refractivity contribution in [3.8, 4) is 5.75 Å². The molecule has 1 aromatic carbocycles. The molecule has 0 fully saturated rings. The van der Waals surface area contributed by atoms with Crippen molar-refractivity contribution >= 4 is 16.7 Å². The van der Waals surface area contributed by atoms with Crippen LogP contribution in [0.3, 0.4) is 0 Å². The number of halogens is 3. The molecule has 0 N–H and O–H groups in total. The molecule has 114 valence electrons. The molecule has 1 aromatic heterocycles. The van der Waals surface area contributed by atoms with Gasteiger partial charge in [-0.15, -0.1) is 13.2 Å². The van der Waals surface area contributed by atoms with Crippen LogP contribution >= 0.6 is 11.5 Å². The minimum absolute atomic E-state index is 0.224. The number of anilines is 1. The number of aryl methyl sites for hydroxylation is 1. The lowest BCUT2D eigenvalue weighted by Crippen LogP contribution is -2.18. The van der Waals surface area contributed by atoms with E-state index < -0.39 is 6.36 Å². The van der Waals surface area contributed by atoms with Crippen molar-refractivity contribution in [2.45, 2.75) is 26.3 Å². The molecule has 0 atom stereocenters. The first-order chi connectivity index (χ1) is 9.87. The number of nitrogens with zero attached hydrogens (tertiary/aromatic N) is 3. The SMILES string of the molecule is CCc1nsc(N(C)Cc2ccc(OC(F)(F)F)cc2)n1. The van der Waals surface area contributed by atoms with E-state index in [0.717, 1.165) is 22.9 Å². The molecule has 0 amide bonds. The lowest BCUT2D eigenvalue weighted by molar-refractivity contribution is -0.274. The summed E-state index contributed by atoms with van der Waals surface area (Å²) in [6.07, 6.45) is -3.89. The molecule has 21 heavy (non-hydrogen) atoms. The Morgan fingerprint density at radius 2 is 1.90 bits per heavy atom. The summed E-state index contributed by atoms with van der Waals surface area (Å²) in [5, 5.41) is 0.780. The molecule has 2 aromatic rings. The molecule has 8 heteroatoms. The molecule has 0 unspecified atom stereocenters. The molecule has 0 bridgehead atoms. The quantitative estimate of drug-likeness (QED) is 0.844. The van der Waals surface area contributed by atoms with Crippen molar-refractivity contribution in [2.24, 2.45) is 0 Å². The van der Waals surface area contributed by atoms with E-state index in [1.54, 1.807) is 12.1 Å². The number of alkyl halides is 3. The molecule has 0 aliphatic rings. The van der Waals surface area contributed by atoms with Gasteiger partial charge < -0.3 is 9.64 Å². The largest absolute Gasteiger partial charge is 0.573 e. The highest BCUT2D eigenvalue weighted by Crippen LogP contribution is 2.24. The summed E-state index contributed by atoms with van der Waals surface area (Å²) in [6.45, 7) is 2.51. The van der Waals surface area contributed by atoms with Gasteiger partial charge in [-0.25, -0.2) is 4.98 Å². The maximum atomic E-state index is 12.1. The van der Waals surface area contributed by atoms with Gasteiger partial charge in [0, 0.05) is 31.5 Å². The lowest BCUT2D eigenvalue weighted by atomic mass is 10.2. The first kappa shape index (κ1) is 15.6. The zero-order valence-electron chi connectivity index (χ0n) is 11.5. The summed E-state index contributed by atoms with van der Waals surface area (Å²) in [5.41, 5.74) is 0.861. The van der Waals surface area contributed by atoms with Crippen molar-refractivity contribution in [2.75, 3.05) is 11.9 Å². The number of aromatic nitrogens is 2. The number of hydrogen-bond acceptors (Lipinski definition) is 5. The van der Waals surface area contributed by atoms with Crippen molar-refractivity contribution in [1.82, 2.24) is 9.36 Å². The van der Waals surface area contributed by atoms with Crippen LogP contribution in [0.4, 0.5) is 18.3 Å². The zero-order valence-corrected chi connectivity index (χ0v) is 12.3. The van der Waals surface area contributed by atoms with Gasteiger partial charge in [-0.05, 0) is 17.7 Å². The van der Waals surface area contributed by atoms with Gasteiger partial charge in [-0.3, -0.25) is 0 Å². The molecule has 0 saturated carbocycles. The molecule has 0 aliphatic heterocycles. The van der Waals surface area contributed by atoms with Crippen LogP contribution in [-0.2, 0) is 13.0 Å². The lowest BCUT2D eigenvalue weighted by Gasteiger charge is -2.15.